The molecule has 2 rings (SSSR count). The van der Waals surface area contributed by atoms with Crippen molar-refractivity contribution in [2.75, 3.05) is 0 Å². The highest BCUT2D eigenvalue weighted by molar-refractivity contribution is 9.10. The van der Waals surface area contributed by atoms with Gasteiger partial charge >= 0.3 is 6.18 Å². The second-order valence-electron chi connectivity index (χ2n) is 4.34. The maximum absolute atomic E-state index is 13.2. The van der Waals surface area contributed by atoms with E-state index in [1.165, 1.54) is 35.2 Å². The van der Waals surface area contributed by atoms with Crippen LogP contribution in [0.15, 0.2) is 41.1 Å². The monoisotopic (exact) mass is 351 g/mol. The quantitative estimate of drug-likeness (QED) is 0.829. The fourth-order valence-electron chi connectivity index (χ4n) is 1.82. The molecule has 0 amide bonds. The minimum absolute atomic E-state index is 0.209. The molecule has 0 saturated carbocycles. The van der Waals surface area contributed by atoms with Gasteiger partial charge in [-0.1, -0.05) is 15.9 Å². The summed E-state index contributed by atoms with van der Waals surface area (Å²) in [7, 11) is 0. The van der Waals surface area contributed by atoms with Crippen LogP contribution in [-0.4, -0.2) is 15.8 Å². The molecule has 1 heterocycles. The van der Waals surface area contributed by atoms with Crippen LogP contribution in [0.1, 0.15) is 17.2 Å². The molecule has 7 heteroatoms. The zero-order chi connectivity index (χ0) is 14.9. The lowest BCUT2D eigenvalue weighted by Crippen LogP contribution is -2.19. The molecule has 2 nitrogen and oxygen atoms in total. The third-order valence-electron chi connectivity index (χ3n) is 2.69. The first-order chi connectivity index (χ1) is 9.25. The summed E-state index contributed by atoms with van der Waals surface area (Å²) < 4.78 is 52.3. The Morgan fingerprint density at radius 3 is 2.55 bits per heavy atom. The Morgan fingerprint density at radius 2 is 1.95 bits per heavy atom. The maximum Gasteiger partial charge on any atom is 0.418 e. The Balaban J connectivity index is 2.17. The summed E-state index contributed by atoms with van der Waals surface area (Å²) in [6.45, 7) is 0.209. The Bertz CT molecular complexity index is 588. The first kappa shape index (κ1) is 15.1. The summed E-state index contributed by atoms with van der Waals surface area (Å²) >= 11 is 3.14. The number of benzene rings is 1. The minimum atomic E-state index is -4.70. The summed E-state index contributed by atoms with van der Waals surface area (Å²) in [5.74, 6) is -0.433. The maximum atomic E-state index is 13.2. The fraction of sp³-hybridized carbons (Fsp3) is 0.231. The lowest BCUT2D eigenvalue weighted by atomic mass is 10.2. The molecule has 0 aliphatic rings. The second-order valence-corrected chi connectivity index (χ2v) is 5.25. The van der Waals surface area contributed by atoms with Gasteiger partial charge in [-0.05, 0) is 29.8 Å². The molecule has 2 aromatic rings. The average Bonchev–Trinajstić information content (AvgIpc) is 2.73. The summed E-state index contributed by atoms with van der Waals surface area (Å²) in [4.78, 5) is 0. The highest BCUT2D eigenvalue weighted by atomic mass is 79.9. The van der Waals surface area contributed by atoms with Gasteiger partial charge in [-0.15, -0.1) is 0 Å². The van der Waals surface area contributed by atoms with Gasteiger partial charge in [-0.25, -0.2) is 4.39 Å². The van der Waals surface area contributed by atoms with Crippen LogP contribution in [0.25, 0.3) is 0 Å². The Morgan fingerprint density at radius 1 is 1.25 bits per heavy atom. The van der Waals surface area contributed by atoms with E-state index in [2.05, 4.69) is 15.9 Å². The molecule has 1 atom stereocenters. The fourth-order valence-corrected chi connectivity index (χ4v) is 2.33. The topological polar surface area (TPSA) is 25.2 Å². The Labute approximate surface area is 120 Å². The molecule has 0 aliphatic heterocycles. The third kappa shape index (κ3) is 3.61. The Hall–Kier alpha value is -1.34. The van der Waals surface area contributed by atoms with E-state index in [1.807, 2.05) is 0 Å². The molecule has 0 fully saturated rings. The van der Waals surface area contributed by atoms with Crippen LogP contribution < -0.4 is 0 Å². The van der Waals surface area contributed by atoms with Crippen LogP contribution in [0, 0.1) is 5.82 Å². The Kier molecular flexibility index (Phi) is 4.19. The molecule has 0 radical (unpaired) electrons. The molecule has 108 valence electrons. The number of aromatic nitrogens is 1. The van der Waals surface area contributed by atoms with Gasteiger partial charge in [0.1, 0.15) is 5.82 Å². The zero-order valence-corrected chi connectivity index (χ0v) is 11.6. The first-order valence-corrected chi connectivity index (χ1v) is 6.40. The lowest BCUT2D eigenvalue weighted by molar-refractivity contribution is -0.206. The molecule has 1 unspecified atom stereocenters. The molecular weight excluding hydrogens is 342 g/mol. The van der Waals surface area contributed by atoms with Gasteiger partial charge in [0.05, 0.1) is 0 Å². The van der Waals surface area contributed by atoms with Crippen molar-refractivity contribution >= 4 is 15.9 Å². The van der Waals surface area contributed by atoms with Gasteiger partial charge < -0.3 is 9.67 Å². The van der Waals surface area contributed by atoms with E-state index >= 15 is 0 Å². The summed E-state index contributed by atoms with van der Waals surface area (Å²) in [6, 6.07) is 5.44. The molecule has 0 bridgehead atoms. The van der Waals surface area contributed by atoms with Crippen molar-refractivity contribution in [3.63, 3.8) is 0 Å². The van der Waals surface area contributed by atoms with E-state index in [1.54, 1.807) is 6.07 Å². The minimum Gasteiger partial charge on any atom is -0.379 e. The number of aliphatic hydroxyl groups excluding tert-OH is 1. The van der Waals surface area contributed by atoms with Crippen LogP contribution in [-0.2, 0) is 6.54 Å². The zero-order valence-electron chi connectivity index (χ0n) is 10.0. The third-order valence-corrected chi connectivity index (χ3v) is 3.14. The number of nitrogens with zero attached hydrogens (tertiary/aromatic N) is 1. The van der Waals surface area contributed by atoms with Gasteiger partial charge in [0.2, 0.25) is 0 Å². The smallest absolute Gasteiger partial charge is 0.379 e. The highest BCUT2D eigenvalue weighted by Gasteiger charge is 2.39. The van der Waals surface area contributed by atoms with Crippen molar-refractivity contribution in [1.82, 2.24) is 4.57 Å². The SMILES string of the molecule is OC(c1ccn(Cc2cc(F)cc(Br)c2)c1)C(F)(F)F. The van der Waals surface area contributed by atoms with Gasteiger partial charge in [0.15, 0.2) is 6.10 Å². The van der Waals surface area contributed by atoms with Crippen molar-refractivity contribution in [3.8, 4) is 0 Å². The van der Waals surface area contributed by atoms with E-state index < -0.39 is 18.1 Å². The summed E-state index contributed by atoms with van der Waals surface area (Å²) in [6.07, 6.45) is -4.61. The summed E-state index contributed by atoms with van der Waals surface area (Å²) in [5.41, 5.74) is 0.355. The van der Waals surface area contributed by atoms with Crippen LogP contribution in [0.5, 0.6) is 0 Å². The molecule has 1 N–H and O–H groups in total. The van der Waals surface area contributed by atoms with E-state index in [-0.39, 0.29) is 12.1 Å². The number of alkyl halides is 3. The van der Waals surface area contributed by atoms with Crippen molar-refractivity contribution in [3.05, 3.63) is 58.1 Å². The highest BCUT2D eigenvalue weighted by Crippen LogP contribution is 2.32. The standard InChI is InChI=1S/C13H10BrF4NO/c14-10-3-8(4-11(15)5-10)6-19-2-1-9(7-19)12(20)13(16,17)18/h1-5,7,12,20H,6H2. The molecule has 0 spiro atoms. The number of halogens is 5. The van der Waals surface area contributed by atoms with Crippen LogP contribution in [0.4, 0.5) is 17.6 Å². The van der Waals surface area contributed by atoms with Crippen molar-refractivity contribution < 1.29 is 22.7 Å². The number of hydrogen-bond donors (Lipinski definition) is 1. The number of hydrogen-bond acceptors (Lipinski definition) is 1. The van der Waals surface area contributed by atoms with Crippen molar-refractivity contribution in [2.24, 2.45) is 0 Å². The molecule has 1 aromatic carbocycles. The summed E-state index contributed by atoms with van der Waals surface area (Å²) in [5, 5.41) is 9.12. The van der Waals surface area contributed by atoms with E-state index in [4.69, 9.17) is 5.11 Å². The lowest BCUT2D eigenvalue weighted by Gasteiger charge is -2.12. The van der Waals surface area contributed by atoms with Gasteiger partial charge in [0.25, 0.3) is 0 Å². The van der Waals surface area contributed by atoms with E-state index in [9.17, 15) is 17.6 Å². The van der Waals surface area contributed by atoms with Crippen molar-refractivity contribution in [1.29, 1.82) is 0 Å². The number of aliphatic hydroxyl groups is 1. The molecule has 1 aromatic heterocycles. The first-order valence-electron chi connectivity index (χ1n) is 5.61. The predicted octanol–water partition coefficient (Wildman–Crippen LogP) is 4.03. The molecule has 0 saturated heterocycles. The van der Waals surface area contributed by atoms with Gasteiger partial charge in [-0.3, -0.25) is 0 Å². The van der Waals surface area contributed by atoms with Crippen LogP contribution in [0.2, 0.25) is 0 Å². The largest absolute Gasteiger partial charge is 0.418 e. The molecule has 0 aliphatic carbocycles. The van der Waals surface area contributed by atoms with E-state index in [0.29, 0.717) is 10.0 Å². The van der Waals surface area contributed by atoms with E-state index in [0.717, 1.165) is 0 Å². The van der Waals surface area contributed by atoms with Crippen LogP contribution >= 0.6 is 15.9 Å². The average molecular weight is 352 g/mol. The van der Waals surface area contributed by atoms with Crippen LogP contribution in [0.3, 0.4) is 0 Å². The number of rotatable bonds is 3. The van der Waals surface area contributed by atoms with Crippen molar-refractivity contribution in [2.45, 2.75) is 18.8 Å². The normalized spacial score (nSPS) is 13.5. The second kappa shape index (κ2) is 5.57. The molecule has 20 heavy (non-hydrogen) atoms. The predicted molar refractivity (Wildman–Crippen MR) is 68.6 cm³/mol. The van der Waals surface area contributed by atoms with Gasteiger partial charge in [-0.2, -0.15) is 13.2 Å². The van der Waals surface area contributed by atoms with Gasteiger partial charge in [0, 0.05) is 29.0 Å². The molecular formula is C13H10BrF4NO.